The summed E-state index contributed by atoms with van der Waals surface area (Å²) in [5.74, 6) is 0. The molecule has 0 atom stereocenters. The van der Waals surface area contributed by atoms with Crippen molar-refractivity contribution < 1.29 is 0 Å². The zero-order valence-electron chi connectivity index (χ0n) is 44.4. The second-order valence-electron chi connectivity index (χ2n) is 20.9. The fraction of sp³-hybridized carbons (Fsp3) is 0. The topological polar surface area (TPSA) is 61.4 Å². The van der Waals surface area contributed by atoms with E-state index >= 15 is 0 Å². The van der Waals surface area contributed by atoms with Gasteiger partial charge in [0.05, 0.1) is 56.0 Å². The highest BCUT2D eigenvalue weighted by Crippen LogP contribution is 2.40. The van der Waals surface area contributed by atoms with Crippen molar-refractivity contribution in [3.63, 3.8) is 0 Å². The molecule has 0 saturated heterocycles. The van der Waals surface area contributed by atoms with E-state index in [0.717, 1.165) is 66.2 Å². The summed E-state index contributed by atoms with van der Waals surface area (Å²) in [7, 11) is 0. The van der Waals surface area contributed by atoms with Crippen LogP contribution in [0.25, 0.3) is 154 Å². The number of para-hydroxylation sites is 3. The highest BCUT2D eigenvalue weighted by atomic mass is 15.0. The number of aromatic nitrogens is 6. The Morgan fingerprint density at radius 1 is 0.232 bits per heavy atom. The molecule has 0 spiro atoms. The van der Waals surface area contributed by atoms with E-state index in [-0.39, 0.29) is 0 Å². The van der Waals surface area contributed by atoms with Crippen LogP contribution in [0.15, 0.2) is 292 Å². The van der Waals surface area contributed by atoms with Crippen LogP contribution in [0.1, 0.15) is 0 Å². The fourth-order valence-corrected chi connectivity index (χ4v) is 12.5. The summed E-state index contributed by atoms with van der Waals surface area (Å²) in [5, 5.41) is 11.9. The summed E-state index contributed by atoms with van der Waals surface area (Å²) < 4.78 is 4.76. The number of rotatable bonds is 6. The summed E-state index contributed by atoms with van der Waals surface area (Å²) in [6.45, 7) is 0. The van der Waals surface area contributed by atoms with Gasteiger partial charge in [0, 0.05) is 72.4 Å². The van der Waals surface area contributed by atoms with E-state index in [4.69, 9.17) is 9.97 Å². The molecule has 6 nitrogen and oxygen atoms in total. The predicted molar refractivity (Wildman–Crippen MR) is 342 cm³/mol. The Morgan fingerprint density at radius 3 is 1.26 bits per heavy atom. The molecule has 0 saturated carbocycles. The number of fused-ring (bicyclic) bond motifs is 15. The molecule has 382 valence electrons. The molecular formula is C76H48N6. The van der Waals surface area contributed by atoms with Gasteiger partial charge in [0.1, 0.15) is 0 Å². The van der Waals surface area contributed by atoms with Crippen LogP contribution in [0, 0.1) is 0 Å². The van der Waals surface area contributed by atoms with Crippen LogP contribution in [0.5, 0.6) is 0 Å². The minimum absolute atomic E-state index is 0.859. The zero-order chi connectivity index (χ0) is 54.1. The van der Waals surface area contributed by atoms with Crippen LogP contribution in [0.2, 0.25) is 0 Å². The van der Waals surface area contributed by atoms with Crippen molar-refractivity contribution >= 4 is 98.0 Å². The van der Waals surface area contributed by atoms with Crippen LogP contribution >= 0.6 is 0 Å². The molecule has 0 fully saturated rings. The molecule has 6 heteroatoms. The van der Waals surface area contributed by atoms with Gasteiger partial charge in [-0.05, 0) is 111 Å². The third-order valence-electron chi connectivity index (χ3n) is 16.3. The quantitative estimate of drug-likeness (QED) is 0.156. The van der Waals surface area contributed by atoms with E-state index in [9.17, 15) is 0 Å². The lowest BCUT2D eigenvalue weighted by molar-refractivity contribution is 1.18. The standard InChI is InChI=1S/C52H32N4.C24H16N2/c1-2-12-36(13-3-1)55-48-21-11-9-17-41(48)45-30-34(25-29-49(45)55)35-24-28-42-40-16-8-10-20-47(40)56(50(42)31-35)37-26-22-33(23-27-37)46-32-53-51-43-18-6-4-14-38(43)39-15-5-7-19-44(39)52(51)54-46;1-3-7-17(8-4-1)19-13-15-25-23-21(19)11-12-22-20(14-16-26-24(22)23)18-9-5-2-6-10-18/h1-32H;1-16H. The second kappa shape index (κ2) is 19.4. The molecule has 0 bridgehead atoms. The third-order valence-corrected chi connectivity index (χ3v) is 16.3. The van der Waals surface area contributed by atoms with Crippen LogP contribution in [0.3, 0.4) is 0 Å². The lowest BCUT2D eigenvalue weighted by atomic mass is 9.97. The fourth-order valence-electron chi connectivity index (χ4n) is 12.5. The number of hydrogen-bond acceptors (Lipinski definition) is 4. The minimum Gasteiger partial charge on any atom is -0.309 e. The average molecular weight is 1050 g/mol. The zero-order valence-corrected chi connectivity index (χ0v) is 44.4. The van der Waals surface area contributed by atoms with Gasteiger partial charge in [-0.1, -0.05) is 206 Å². The predicted octanol–water partition coefficient (Wildman–Crippen LogP) is 19.6. The van der Waals surface area contributed by atoms with Gasteiger partial charge in [-0.3, -0.25) is 15.0 Å². The highest BCUT2D eigenvalue weighted by molar-refractivity contribution is 6.23. The van der Waals surface area contributed by atoms with Gasteiger partial charge in [-0.25, -0.2) is 4.98 Å². The molecular weight excluding hydrogens is 997 g/mol. The van der Waals surface area contributed by atoms with E-state index in [2.05, 4.69) is 280 Å². The van der Waals surface area contributed by atoms with Gasteiger partial charge >= 0.3 is 0 Å². The third kappa shape index (κ3) is 7.72. The first-order valence-electron chi connectivity index (χ1n) is 27.8. The summed E-state index contributed by atoms with van der Waals surface area (Å²) in [4.78, 5) is 19.6. The Morgan fingerprint density at radius 2 is 0.646 bits per heavy atom. The summed E-state index contributed by atoms with van der Waals surface area (Å²) in [6, 6.07) is 97.0. The first-order valence-corrected chi connectivity index (χ1v) is 27.8. The Balaban J connectivity index is 0.000000178. The Bertz CT molecular complexity index is 5190. The molecule has 17 aromatic rings. The van der Waals surface area contributed by atoms with Gasteiger partial charge in [0.25, 0.3) is 0 Å². The van der Waals surface area contributed by atoms with E-state index in [1.807, 2.05) is 30.7 Å². The summed E-state index contributed by atoms with van der Waals surface area (Å²) >= 11 is 0. The average Bonchev–Trinajstić information content (AvgIpc) is 3.37. The lowest BCUT2D eigenvalue weighted by Gasteiger charge is -2.12. The molecule has 5 heterocycles. The first-order chi connectivity index (χ1) is 40.7. The Hall–Kier alpha value is -11.1. The number of nitrogens with zero attached hydrogens (tertiary/aromatic N) is 6. The Kier molecular flexibility index (Phi) is 11.1. The molecule has 0 radical (unpaired) electrons. The van der Waals surface area contributed by atoms with Crippen LogP contribution in [0.4, 0.5) is 0 Å². The van der Waals surface area contributed by atoms with Crippen molar-refractivity contribution in [1.82, 2.24) is 29.1 Å². The molecule has 17 rings (SSSR count). The maximum absolute atomic E-state index is 5.25. The van der Waals surface area contributed by atoms with Gasteiger partial charge < -0.3 is 9.13 Å². The molecule has 0 unspecified atom stereocenters. The maximum Gasteiger partial charge on any atom is 0.0979 e. The smallest absolute Gasteiger partial charge is 0.0979 e. The molecule has 0 aliphatic rings. The molecule has 0 aliphatic carbocycles. The minimum atomic E-state index is 0.859. The summed E-state index contributed by atoms with van der Waals surface area (Å²) in [6.07, 6.45) is 5.67. The summed E-state index contributed by atoms with van der Waals surface area (Å²) in [5.41, 5.74) is 19.8. The molecule has 12 aromatic carbocycles. The molecule has 0 amide bonds. The van der Waals surface area contributed by atoms with Crippen molar-refractivity contribution in [3.8, 4) is 56.0 Å². The first kappa shape index (κ1) is 47.0. The van der Waals surface area contributed by atoms with Crippen LogP contribution in [-0.2, 0) is 0 Å². The van der Waals surface area contributed by atoms with E-state index < -0.39 is 0 Å². The van der Waals surface area contributed by atoms with Crippen LogP contribution in [-0.4, -0.2) is 29.1 Å². The molecule has 0 aliphatic heterocycles. The van der Waals surface area contributed by atoms with Crippen LogP contribution < -0.4 is 0 Å². The normalized spacial score (nSPS) is 11.7. The van der Waals surface area contributed by atoms with Gasteiger partial charge in [0.15, 0.2) is 0 Å². The number of benzene rings is 12. The van der Waals surface area contributed by atoms with E-state index in [1.165, 1.54) is 87.8 Å². The van der Waals surface area contributed by atoms with E-state index in [0.29, 0.717) is 0 Å². The van der Waals surface area contributed by atoms with E-state index in [1.54, 1.807) is 0 Å². The lowest BCUT2D eigenvalue weighted by Crippen LogP contribution is -1.95. The maximum atomic E-state index is 5.25. The van der Waals surface area contributed by atoms with Crippen molar-refractivity contribution in [1.29, 1.82) is 0 Å². The van der Waals surface area contributed by atoms with Gasteiger partial charge in [0.2, 0.25) is 0 Å². The monoisotopic (exact) mass is 1040 g/mol. The highest BCUT2D eigenvalue weighted by Gasteiger charge is 2.18. The van der Waals surface area contributed by atoms with Crippen molar-refractivity contribution in [2.45, 2.75) is 0 Å². The van der Waals surface area contributed by atoms with Crippen molar-refractivity contribution in [3.05, 3.63) is 292 Å². The molecule has 5 aromatic heterocycles. The van der Waals surface area contributed by atoms with Crippen molar-refractivity contribution in [2.75, 3.05) is 0 Å². The second-order valence-corrected chi connectivity index (χ2v) is 20.9. The molecule has 82 heavy (non-hydrogen) atoms. The molecule has 0 N–H and O–H groups in total. The number of hydrogen-bond donors (Lipinski definition) is 0. The Labute approximate surface area is 472 Å². The van der Waals surface area contributed by atoms with Crippen molar-refractivity contribution in [2.24, 2.45) is 0 Å². The SMILES string of the molecule is c1ccc(-c2ccnc3c2ccc2c(-c4ccccc4)ccnc23)cc1.c1ccc(-n2c3ccccc3c3cc(-c4ccc5c6ccccc6n(-c6ccc(-c7cnc8c9ccccc9c9ccccc9c8n7)cc6)c5c4)ccc32)cc1. The largest absolute Gasteiger partial charge is 0.309 e. The van der Waals surface area contributed by atoms with Gasteiger partial charge in [-0.15, -0.1) is 0 Å². The number of pyridine rings is 2. The van der Waals surface area contributed by atoms with Gasteiger partial charge in [-0.2, -0.15) is 0 Å².